The summed E-state index contributed by atoms with van der Waals surface area (Å²) >= 11 is 0. The van der Waals surface area contributed by atoms with Gasteiger partial charge in [-0.1, -0.05) is 66.8 Å². The Bertz CT molecular complexity index is 581. The van der Waals surface area contributed by atoms with E-state index in [1.54, 1.807) is 5.57 Å². The first-order chi connectivity index (χ1) is 10.4. The zero-order valence-electron chi connectivity index (χ0n) is 12.4. The fourth-order valence-corrected chi connectivity index (χ4v) is 3.02. The third kappa shape index (κ3) is 3.43. The lowest BCUT2D eigenvalue weighted by atomic mass is 9.89. The van der Waals surface area contributed by atoms with Gasteiger partial charge in [-0.05, 0) is 41.9 Å². The van der Waals surface area contributed by atoms with E-state index < -0.39 is 0 Å². The van der Waals surface area contributed by atoms with E-state index >= 15 is 0 Å². The number of rotatable bonds is 3. The zero-order valence-corrected chi connectivity index (χ0v) is 12.4. The van der Waals surface area contributed by atoms with Crippen molar-refractivity contribution in [2.45, 2.75) is 19.3 Å². The van der Waals surface area contributed by atoms with Gasteiger partial charge in [0, 0.05) is 13.2 Å². The van der Waals surface area contributed by atoms with Crippen LogP contribution < -0.4 is 0 Å². The first-order valence-corrected chi connectivity index (χ1v) is 7.75. The van der Waals surface area contributed by atoms with Gasteiger partial charge in [-0.15, -0.1) is 0 Å². The lowest BCUT2D eigenvalue weighted by Crippen LogP contribution is -2.17. The summed E-state index contributed by atoms with van der Waals surface area (Å²) in [6.07, 6.45) is 14.4. The van der Waals surface area contributed by atoms with Crippen LogP contribution in [0.1, 0.15) is 30.4 Å². The van der Waals surface area contributed by atoms with E-state index in [-0.39, 0.29) is 0 Å². The predicted molar refractivity (Wildman–Crippen MR) is 89.9 cm³/mol. The van der Waals surface area contributed by atoms with Crippen LogP contribution in [0.5, 0.6) is 0 Å². The van der Waals surface area contributed by atoms with Gasteiger partial charge in [-0.2, -0.15) is 0 Å². The topological polar surface area (TPSA) is 9.23 Å². The Morgan fingerprint density at radius 1 is 1.05 bits per heavy atom. The maximum atomic E-state index is 5.47. The monoisotopic (exact) mass is 278 g/mol. The van der Waals surface area contributed by atoms with E-state index in [9.17, 15) is 0 Å². The lowest BCUT2D eigenvalue weighted by molar-refractivity contribution is 0.0753. The van der Waals surface area contributed by atoms with Crippen molar-refractivity contribution in [3.05, 3.63) is 71.8 Å². The van der Waals surface area contributed by atoms with Crippen LogP contribution in [0, 0.1) is 5.92 Å². The molecule has 0 N–H and O–H groups in total. The summed E-state index contributed by atoms with van der Waals surface area (Å²) < 4.78 is 5.47. The minimum absolute atomic E-state index is 0.696. The van der Waals surface area contributed by atoms with E-state index in [1.807, 2.05) is 6.08 Å². The minimum atomic E-state index is 0.696. The quantitative estimate of drug-likeness (QED) is 0.754. The Morgan fingerprint density at radius 2 is 1.81 bits per heavy atom. The molecule has 0 unspecified atom stereocenters. The Hall–Kier alpha value is -1.86. The van der Waals surface area contributed by atoms with Gasteiger partial charge in [0.2, 0.25) is 0 Å². The lowest BCUT2D eigenvalue weighted by Gasteiger charge is -2.23. The molecule has 0 bridgehead atoms. The molecule has 1 aliphatic carbocycles. The Kier molecular flexibility index (Phi) is 4.52. The van der Waals surface area contributed by atoms with Gasteiger partial charge in [0.05, 0.1) is 0 Å². The molecule has 108 valence electrons. The third-order valence-electron chi connectivity index (χ3n) is 4.35. The van der Waals surface area contributed by atoms with Crippen molar-refractivity contribution in [2.75, 3.05) is 13.2 Å². The standard InChI is InChI=1S/C20H22O/c1-2-16-6-8-19(9-7-16)17-4-3-5-18(11-10-17)20-12-14-21-15-13-20/h2-4,6-11,20H,1,5,12-15H2. The zero-order chi connectivity index (χ0) is 14.5. The molecule has 1 nitrogen and oxygen atoms in total. The second kappa shape index (κ2) is 6.73. The summed E-state index contributed by atoms with van der Waals surface area (Å²) in [5, 5.41) is 0. The van der Waals surface area contributed by atoms with Crippen molar-refractivity contribution in [1.29, 1.82) is 0 Å². The van der Waals surface area contributed by atoms with Gasteiger partial charge >= 0.3 is 0 Å². The molecular formula is C20H22O. The minimum Gasteiger partial charge on any atom is -0.381 e. The average molecular weight is 278 g/mol. The predicted octanol–water partition coefficient (Wildman–Crippen LogP) is 5.03. The Balaban J connectivity index is 1.80. The molecule has 0 aromatic heterocycles. The van der Waals surface area contributed by atoms with Crippen LogP contribution in [0.4, 0.5) is 0 Å². The van der Waals surface area contributed by atoms with Gasteiger partial charge in [0.25, 0.3) is 0 Å². The van der Waals surface area contributed by atoms with Crippen molar-refractivity contribution in [3.63, 3.8) is 0 Å². The van der Waals surface area contributed by atoms with E-state index in [4.69, 9.17) is 4.74 Å². The highest BCUT2D eigenvalue weighted by Gasteiger charge is 2.17. The van der Waals surface area contributed by atoms with Crippen molar-refractivity contribution < 1.29 is 4.74 Å². The van der Waals surface area contributed by atoms with Crippen molar-refractivity contribution >= 4 is 11.6 Å². The number of benzene rings is 1. The fourth-order valence-electron chi connectivity index (χ4n) is 3.02. The molecule has 1 heteroatoms. The van der Waals surface area contributed by atoms with E-state index in [2.05, 4.69) is 55.1 Å². The van der Waals surface area contributed by atoms with Gasteiger partial charge < -0.3 is 4.74 Å². The van der Waals surface area contributed by atoms with Gasteiger partial charge in [-0.25, -0.2) is 0 Å². The molecule has 1 fully saturated rings. The van der Waals surface area contributed by atoms with Crippen LogP contribution >= 0.6 is 0 Å². The van der Waals surface area contributed by atoms with Crippen LogP contribution in [0.2, 0.25) is 0 Å². The maximum Gasteiger partial charge on any atom is 0.0471 e. The molecule has 3 rings (SSSR count). The summed E-state index contributed by atoms with van der Waals surface area (Å²) in [5.41, 5.74) is 5.26. The number of ether oxygens (including phenoxy) is 1. The summed E-state index contributed by atoms with van der Waals surface area (Å²) in [6.45, 7) is 5.62. The molecule has 1 aromatic carbocycles. The van der Waals surface area contributed by atoms with Crippen LogP contribution in [0.15, 0.2) is 60.7 Å². The normalized spacial score (nSPS) is 19.6. The summed E-state index contributed by atoms with van der Waals surface area (Å²) in [5.74, 6) is 0.696. The molecule has 1 saturated heterocycles. The van der Waals surface area contributed by atoms with Crippen LogP contribution in [-0.2, 0) is 4.74 Å². The van der Waals surface area contributed by atoms with Gasteiger partial charge in [-0.3, -0.25) is 0 Å². The Labute approximate surface area is 127 Å². The summed E-state index contributed by atoms with van der Waals surface area (Å²) in [7, 11) is 0. The van der Waals surface area contributed by atoms with Gasteiger partial charge in [0.1, 0.15) is 0 Å². The largest absolute Gasteiger partial charge is 0.381 e. The average Bonchev–Trinajstić information content (AvgIpc) is 2.82. The van der Waals surface area contributed by atoms with Gasteiger partial charge in [0.15, 0.2) is 0 Å². The second-order valence-corrected chi connectivity index (χ2v) is 5.68. The van der Waals surface area contributed by atoms with E-state index in [1.165, 1.54) is 11.1 Å². The number of allylic oxidation sites excluding steroid dienone is 6. The summed E-state index contributed by atoms with van der Waals surface area (Å²) in [4.78, 5) is 0. The molecule has 0 saturated carbocycles. The Morgan fingerprint density at radius 3 is 2.52 bits per heavy atom. The molecule has 1 aliphatic heterocycles. The van der Waals surface area contributed by atoms with Crippen molar-refractivity contribution in [2.24, 2.45) is 5.92 Å². The van der Waals surface area contributed by atoms with E-state index in [0.717, 1.165) is 38.0 Å². The highest BCUT2D eigenvalue weighted by molar-refractivity contribution is 5.76. The molecule has 21 heavy (non-hydrogen) atoms. The molecule has 0 atom stereocenters. The van der Waals surface area contributed by atoms with Crippen LogP contribution in [-0.4, -0.2) is 13.2 Å². The smallest absolute Gasteiger partial charge is 0.0471 e. The maximum absolute atomic E-state index is 5.47. The summed E-state index contributed by atoms with van der Waals surface area (Å²) in [6, 6.07) is 8.57. The van der Waals surface area contributed by atoms with Crippen molar-refractivity contribution in [1.82, 2.24) is 0 Å². The highest BCUT2D eigenvalue weighted by atomic mass is 16.5. The molecule has 0 radical (unpaired) electrons. The number of hydrogen-bond acceptors (Lipinski definition) is 1. The SMILES string of the molecule is C=Cc1ccc(C2=CC=C(C3CCOCC3)CC=C2)cc1. The second-order valence-electron chi connectivity index (χ2n) is 5.68. The molecule has 0 spiro atoms. The molecular weight excluding hydrogens is 256 g/mol. The molecule has 2 aliphatic rings. The fraction of sp³-hybridized carbons (Fsp3) is 0.300. The highest BCUT2D eigenvalue weighted by Crippen LogP contribution is 2.29. The van der Waals surface area contributed by atoms with E-state index in [0.29, 0.717) is 5.92 Å². The van der Waals surface area contributed by atoms with Crippen LogP contribution in [0.25, 0.3) is 11.6 Å². The number of hydrogen-bond donors (Lipinski definition) is 0. The first-order valence-electron chi connectivity index (χ1n) is 7.75. The van der Waals surface area contributed by atoms with Crippen LogP contribution in [0.3, 0.4) is 0 Å². The molecule has 1 aromatic rings. The van der Waals surface area contributed by atoms with Crippen molar-refractivity contribution in [3.8, 4) is 0 Å². The third-order valence-corrected chi connectivity index (χ3v) is 4.35. The molecule has 0 amide bonds. The first kappa shape index (κ1) is 14.1. The molecule has 1 heterocycles.